The third kappa shape index (κ3) is 12.2. The summed E-state index contributed by atoms with van der Waals surface area (Å²) in [4.78, 5) is 0. The minimum atomic E-state index is -5.60. The molecule has 0 aliphatic heterocycles. The molecule has 0 aliphatic rings. The highest BCUT2D eigenvalue weighted by atomic mass is 19.4. The molecule has 12 rings (SSSR count). The highest BCUT2D eigenvalue weighted by Gasteiger charge is 2.43. The Balaban J connectivity index is 1.30. The lowest BCUT2D eigenvalue weighted by molar-refractivity contribution is -0.144. The molecule has 496 valence electrons. The monoisotopic (exact) mass is 1370 g/mol. The van der Waals surface area contributed by atoms with E-state index in [4.69, 9.17) is 0 Å². The van der Waals surface area contributed by atoms with Gasteiger partial charge in [0.2, 0.25) is 0 Å². The van der Waals surface area contributed by atoms with E-state index in [1.807, 2.05) is 6.07 Å². The first-order chi connectivity index (χ1) is 45.0. The molecule has 0 saturated heterocycles. The number of nitrogens with zero attached hydrogens (tertiary/aromatic N) is 3. The van der Waals surface area contributed by atoms with Gasteiger partial charge in [-0.25, -0.2) is 0 Å². The Morgan fingerprint density at radius 3 is 0.866 bits per heavy atom. The van der Waals surface area contributed by atoms with E-state index < -0.39 is 166 Å². The molecule has 0 N–H and O–H groups in total. The minimum Gasteiger partial charge on any atom is -0.308 e. The molecule has 10 aromatic carbocycles. The fourth-order valence-corrected chi connectivity index (χ4v) is 12.2. The van der Waals surface area contributed by atoms with Crippen molar-refractivity contribution in [3.63, 3.8) is 0 Å². The molecule has 0 amide bonds. The third-order valence-electron chi connectivity index (χ3n) is 16.4. The number of rotatable bonds is 7. The zero-order valence-electron chi connectivity index (χ0n) is 48.2. The summed E-state index contributed by atoms with van der Waals surface area (Å²) in [5.74, 6) is 0. The topological polar surface area (TPSA) is 33.6 Å². The lowest BCUT2D eigenvalue weighted by Gasteiger charge is -2.23. The van der Waals surface area contributed by atoms with E-state index in [1.54, 1.807) is 0 Å². The predicted octanol–water partition coefficient (Wildman–Crippen LogP) is 24.5. The van der Waals surface area contributed by atoms with E-state index in [2.05, 4.69) is 0 Å². The average molecular weight is 1370 g/mol. The van der Waals surface area contributed by atoms with Crippen molar-refractivity contribution in [2.75, 3.05) is 0 Å². The van der Waals surface area contributed by atoms with Crippen molar-refractivity contribution in [3.05, 3.63) is 238 Å². The van der Waals surface area contributed by atoms with Crippen molar-refractivity contribution in [3.8, 4) is 73.1 Å². The second kappa shape index (κ2) is 22.6. The number of alkyl halides is 24. The number of hydrogen-bond acceptors (Lipinski definition) is 1. The summed E-state index contributed by atoms with van der Waals surface area (Å²) < 4.78 is 359. The van der Waals surface area contributed by atoms with Crippen LogP contribution in [-0.2, 0) is 49.4 Å². The van der Waals surface area contributed by atoms with Gasteiger partial charge in [-0.15, -0.1) is 0 Å². The smallest absolute Gasteiger partial charge is 0.308 e. The van der Waals surface area contributed by atoms with E-state index in [0.717, 1.165) is 88.0 Å². The molecule has 2 aromatic heterocycles. The van der Waals surface area contributed by atoms with Crippen molar-refractivity contribution in [2.45, 2.75) is 56.3 Å². The van der Waals surface area contributed by atoms with E-state index in [9.17, 15) is 44.8 Å². The summed E-state index contributed by atoms with van der Waals surface area (Å²) in [6.45, 7) is 1.33. The normalized spacial score (nSPS) is 13.2. The number of benzene rings is 10. The van der Waals surface area contributed by atoms with Gasteiger partial charge in [-0.3, -0.25) is 0 Å². The van der Waals surface area contributed by atoms with Crippen LogP contribution in [0.1, 0.15) is 55.6 Å². The predicted molar refractivity (Wildman–Crippen MR) is 312 cm³/mol. The fourth-order valence-electron chi connectivity index (χ4n) is 12.2. The summed E-state index contributed by atoms with van der Waals surface area (Å²) in [5, 5.41) is 9.83. The maximum Gasteiger partial charge on any atom is 0.417 e. The first kappa shape index (κ1) is 66.6. The number of aromatic nitrogens is 2. The van der Waals surface area contributed by atoms with Gasteiger partial charge in [0.05, 0.1) is 89.6 Å². The first-order valence-corrected chi connectivity index (χ1v) is 28.0. The van der Waals surface area contributed by atoms with Crippen LogP contribution in [0.25, 0.3) is 111 Å². The maximum atomic E-state index is 16.4. The molecule has 0 bridgehead atoms. The Morgan fingerprint density at radius 2 is 0.577 bits per heavy atom. The number of aryl methyl sites for hydroxylation is 1. The lowest BCUT2D eigenvalue weighted by Crippen LogP contribution is -2.12. The molecule has 27 heteroatoms. The van der Waals surface area contributed by atoms with E-state index in [-0.39, 0.29) is 79.6 Å². The molecular formula is C70H33F24N3. The average Bonchev–Trinajstić information content (AvgIpc) is 1.58. The molecule has 2 heterocycles. The van der Waals surface area contributed by atoms with Gasteiger partial charge in [-0.2, -0.15) is 111 Å². The van der Waals surface area contributed by atoms with Crippen LogP contribution in [0, 0.1) is 18.3 Å². The van der Waals surface area contributed by atoms with Crippen molar-refractivity contribution >= 4 is 43.6 Å². The molecule has 0 aliphatic carbocycles. The maximum absolute atomic E-state index is 16.4. The molecular weight excluding hydrogens is 1340 g/mol. The molecule has 12 aromatic rings. The molecule has 0 spiro atoms. The largest absolute Gasteiger partial charge is 0.417 e. The first-order valence-electron chi connectivity index (χ1n) is 28.0. The van der Waals surface area contributed by atoms with Gasteiger partial charge in [-0.1, -0.05) is 96.6 Å². The number of halogens is 24. The van der Waals surface area contributed by atoms with Crippen LogP contribution in [0.4, 0.5) is 105 Å². The summed E-state index contributed by atoms with van der Waals surface area (Å²) in [6, 6.07) is 24.2. The van der Waals surface area contributed by atoms with E-state index in [1.165, 1.54) is 43.3 Å². The van der Waals surface area contributed by atoms with Gasteiger partial charge < -0.3 is 9.13 Å². The summed E-state index contributed by atoms with van der Waals surface area (Å²) >= 11 is 0. The van der Waals surface area contributed by atoms with Crippen molar-refractivity contribution < 1.29 is 105 Å². The second-order valence-electron chi connectivity index (χ2n) is 22.5. The molecule has 0 fully saturated rings. The van der Waals surface area contributed by atoms with Gasteiger partial charge in [0.15, 0.2) is 0 Å². The fraction of sp³-hybridized carbons (Fsp3) is 0.129. The van der Waals surface area contributed by atoms with E-state index >= 15 is 65.9 Å². The molecule has 0 radical (unpaired) electrons. The van der Waals surface area contributed by atoms with Crippen LogP contribution in [0.3, 0.4) is 0 Å². The highest BCUT2D eigenvalue weighted by molar-refractivity contribution is 6.14. The van der Waals surface area contributed by atoms with Crippen molar-refractivity contribution in [1.29, 1.82) is 5.26 Å². The van der Waals surface area contributed by atoms with Crippen molar-refractivity contribution in [1.82, 2.24) is 9.13 Å². The van der Waals surface area contributed by atoms with Crippen LogP contribution in [0.2, 0.25) is 0 Å². The zero-order valence-corrected chi connectivity index (χ0v) is 48.2. The Bertz CT molecular complexity index is 5110. The van der Waals surface area contributed by atoms with Gasteiger partial charge >= 0.3 is 49.4 Å². The highest BCUT2D eigenvalue weighted by Crippen LogP contribution is 2.52. The second-order valence-corrected chi connectivity index (χ2v) is 22.5. The lowest BCUT2D eigenvalue weighted by atomic mass is 9.95. The number of nitriles is 1. The van der Waals surface area contributed by atoms with Gasteiger partial charge in [0.25, 0.3) is 0 Å². The van der Waals surface area contributed by atoms with Crippen LogP contribution < -0.4 is 0 Å². The van der Waals surface area contributed by atoms with Crippen LogP contribution >= 0.6 is 0 Å². The Labute approximate surface area is 528 Å². The molecule has 97 heavy (non-hydrogen) atoms. The SMILES string of the molecule is Cc1ccc(-c2ccc3c4ccc(-c5ccc(C(F)(F)F)cc5C(F)(F)F)cc4n(-c4cc(C(F)(F)F)cc(-n5c6cc(-c7ccc(C(F)(F)F)cc7C(F)(F)F)ccc6c6ccc(-c7ccc(C(F)(F)F)cc7C(F)(F)F)cc65)c4-c4cccc(C#N)c4)c3c2)c(C(F)(F)F)c1. The molecule has 0 atom stereocenters. The number of fused-ring (bicyclic) bond motifs is 6. The van der Waals surface area contributed by atoms with Gasteiger partial charge in [-0.05, 0) is 148 Å². The Morgan fingerprint density at radius 1 is 0.278 bits per heavy atom. The van der Waals surface area contributed by atoms with Crippen molar-refractivity contribution in [2.24, 2.45) is 0 Å². The Kier molecular flexibility index (Phi) is 15.5. The molecule has 3 nitrogen and oxygen atoms in total. The summed E-state index contributed by atoms with van der Waals surface area (Å²) in [5.41, 5.74) is -23.9. The van der Waals surface area contributed by atoms with Crippen LogP contribution in [0.5, 0.6) is 0 Å². The van der Waals surface area contributed by atoms with Gasteiger partial charge in [0.1, 0.15) is 0 Å². The van der Waals surface area contributed by atoms with Gasteiger partial charge in [0, 0.05) is 27.1 Å². The zero-order chi connectivity index (χ0) is 70.4. The van der Waals surface area contributed by atoms with Crippen LogP contribution in [0.15, 0.2) is 182 Å². The number of hydrogen-bond donors (Lipinski definition) is 0. The standard InChI is InChI=1S/C70H33F24N3/c1-33-5-13-44(52(21-33)67(83,84)85)35-6-14-48-49-15-7-36(45-18-10-40(63(71,72)73)27-53(45)68(86,87)88)24-57(49)96(56(48)23-35)60-30-43(66(80,81)82)31-61(62(60)39-4-2-3-34(22-39)32-95)97-58-25-37(46-19-11-41(64(74,75)76)28-54(46)69(89,90)91)8-16-50(58)51-17-9-38(26-59(51)97)47-20-12-42(65(77,78)79)29-55(47)70(92,93)94/h2-31H,1H3. The van der Waals surface area contributed by atoms with Crippen LogP contribution in [-0.4, -0.2) is 9.13 Å². The summed E-state index contributed by atoms with van der Waals surface area (Å²) in [7, 11) is 0. The third-order valence-corrected chi connectivity index (χ3v) is 16.4. The molecule has 0 unspecified atom stereocenters. The quantitative estimate of drug-likeness (QED) is 0.146. The minimum absolute atomic E-state index is 0.0784. The molecule has 0 saturated carbocycles. The van der Waals surface area contributed by atoms with E-state index in [0.29, 0.717) is 36.4 Å². The summed E-state index contributed by atoms with van der Waals surface area (Å²) in [6.07, 6.45) is -43.5. The Hall–Kier alpha value is -10.4.